The molecule has 4 heterocycles. The second-order valence-electron chi connectivity index (χ2n) is 7.30. The Bertz CT molecular complexity index is 1030. The Morgan fingerprint density at radius 1 is 1.20 bits per heavy atom. The minimum atomic E-state index is -0.242. The molecule has 0 radical (unpaired) electrons. The van der Waals surface area contributed by atoms with E-state index in [0.717, 1.165) is 40.9 Å². The fraction of sp³-hybridized carbons (Fsp3) is 0.350. The average molecular weight is 444 g/mol. The summed E-state index contributed by atoms with van der Waals surface area (Å²) in [6, 6.07) is 7.25. The van der Waals surface area contributed by atoms with Crippen LogP contribution in [0.2, 0.25) is 5.02 Å². The summed E-state index contributed by atoms with van der Waals surface area (Å²) >= 11 is 7.30. The molecular formula is C20H22ClN7OS. The highest BCUT2D eigenvalue weighted by atomic mass is 35.5. The summed E-state index contributed by atoms with van der Waals surface area (Å²) in [4.78, 5) is 27.9. The number of carbonyl (C=O) groups excluding carboxylic acids is 1. The number of urea groups is 1. The highest BCUT2D eigenvalue weighted by Gasteiger charge is 2.33. The van der Waals surface area contributed by atoms with E-state index in [1.807, 2.05) is 38.1 Å². The zero-order valence-electron chi connectivity index (χ0n) is 16.7. The Labute approximate surface area is 183 Å². The zero-order valence-corrected chi connectivity index (χ0v) is 18.2. The average Bonchev–Trinajstić information content (AvgIpc) is 3.13. The standard InChI is InChI=1S/C20H22ClN7OS/c1-12-7-18(24-11-23-12)28-6-5-17(15(10-28)16-4-3-14(21)9-22-16)25-20(29)26-19-8-13(2)27-30-19/h3-4,7-9,11,15,17H,5-6,10H2,1-2H3,(H2,25,26,29)/t15-,17+/m0/s1. The van der Waals surface area contributed by atoms with Gasteiger partial charge in [0.2, 0.25) is 0 Å². The SMILES string of the molecule is Cc1cc(N2CC[C@@H](NC(=O)Nc3cc(C)ns3)[C@H](c3ccc(Cl)cn3)C2)ncn1. The first-order valence-corrected chi connectivity index (χ1v) is 10.8. The lowest BCUT2D eigenvalue weighted by molar-refractivity contribution is 0.243. The Morgan fingerprint density at radius 3 is 2.77 bits per heavy atom. The van der Waals surface area contributed by atoms with Gasteiger partial charge in [0.1, 0.15) is 17.1 Å². The number of hydrogen-bond donors (Lipinski definition) is 2. The van der Waals surface area contributed by atoms with E-state index < -0.39 is 0 Å². The van der Waals surface area contributed by atoms with Crippen LogP contribution in [0, 0.1) is 13.8 Å². The minimum absolute atomic E-state index is 0.0137. The first-order chi connectivity index (χ1) is 14.5. The topological polar surface area (TPSA) is 95.9 Å². The van der Waals surface area contributed by atoms with Crippen molar-refractivity contribution >= 4 is 40.0 Å². The van der Waals surface area contributed by atoms with Crippen molar-refractivity contribution in [2.75, 3.05) is 23.3 Å². The van der Waals surface area contributed by atoms with Crippen LogP contribution in [0.15, 0.2) is 36.8 Å². The number of aromatic nitrogens is 4. The van der Waals surface area contributed by atoms with E-state index in [2.05, 4.69) is 34.9 Å². The normalized spacial score (nSPS) is 18.8. The fourth-order valence-corrected chi connectivity index (χ4v) is 4.36. The van der Waals surface area contributed by atoms with Crippen LogP contribution in [0.3, 0.4) is 0 Å². The van der Waals surface area contributed by atoms with Crippen molar-refractivity contribution in [3.63, 3.8) is 0 Å². The molecule has 2 N–H and O–H groups in total. The molecule has 4 rings (SSSR count). The first kappa shape index (κ1) is 20.5. The quantitative estimate of drug-likeness (QED) is 0.637. The van der Waals surface area contributed by atoms with Gasteiger partial charge in [0, 0.05) is 48.7 Å². The predicted octanol–water partition coefficient (Wildman–Crippen LogP) is 3.78. The predicted molar refractivity (Wildman–Crippen MR) is 118 cm³/mol. The number of nitrogens with one attached hydrogen (secondary N) is 2. The molecule has 3 aromatic rings. The van der Waals surface area contributed by atoms with Gasteiger partial charge in [-0.2, -0.15) is 4.37 Å². The molecule has 0 saturated carbocycles. The van der Waals surface area contributed by atoms with Crippen LogP contribution in [0.25, 0.3) is 0 Å². The number of piperidine rings is 1. The van der Waals surface area contributed by atoms with Gasteiger partial charge < -0.3 is 10.2 Å². The molecule has 2 atom stereocenters. The van der Waals surface area contributed by atoms with E-state index in [4.69, 9.17) is 11.6 Å². The Morgan fingerprint density at radius 2 is 2.07 bits per heavy atom. The number of amides is 2. The molecule has 1 aliphatic heterocycles. The third-order valence-corrected chi connectivity index (χ3v) is 6.06. The number of aryl methyl sites for hydroxylation is 2. The summed E-state index contributed by atoms with van der Waals surface area (Å²) in [5.74, 6) is 0.865. The minimum Gasteiger partial charge on any atom is -0.356 e. The van der Waals surface area contributed by atoms with Gasteiger partial charge in [-0.3, -0.25) is 10.3 Å². The lowest BCUT2D eigenvalue weighted by Gasteiger charge is -2.39. The van der Waals surface area contributed by atoms with E-state index in [-0.39, 0.29) is 18.0 Å². The van der Waals surface area contributed by atoms with Crippen LogP contribution in [0.1, 0.15) is 29.4 Å². The van der Waals surface area contributed by atoms with Crippen molar-refractivity contribution in [1.82, 2.24) is 24.6 Å². The maximum atomic E-state index is 12.6. The summed E-state index contributed by atoms with van der Waals surface area (Å²) in [6.45, 7) is 5.29. The van der Waals surface area contributed by atoms with E-state index in [1.165, 1.54) is 11.5 Å². The number of hydrogen-bond acceptors (Lipinski definition) is 7. The van der Waals surface area contributed by atoms with Gasteiger partial charge in [0.15, 0.2) is 0 Å². The van der Waals surface area contributed by atoms with Crippen LogP contribution in [-0.2, 0) is 0 Å². The first-order valence-electron chi connectivity index (χ1n) is 9.64. The Balaban J connectivity index is 1.52. The lowest BCUT2D eigenvalue weighted by atomic mass is 9.89. The van der Waals surface area contributed by atoms with Crippen LogP contribution in [-0.4, -0.2) is 44.5 Å². The van der Waals surface area contributed by atoms with Crippen molar-refractivity contribution in [2.24, 2.45) is 0 Å². The fourth-order valence-electron chi connectivity index (χ4n) is 3.59. The molecule has 8 nitrogen and oxygen atoms in total. The molecule has 1 aliphatic rings. The van der Waals surface area contributed by atoms with Crippen molar-refractivity contribution < 1.29 is 4.79 Å². The molecule has 1 saturated heterocycles. The van der Waals surface area contributed by atoms with Crippen LogP contribution in [0.4, 0.5) is 15.6 Å². The van der Waals surface area contributed by atoms with E-state index in [9.17, 15) is 4.79 Å². The highest BCUT2D eigenvalue weighted by Crippen LogP contribution is 2.29. The molecular weight excluding hydrogens is 422 g/mol. The number of halogens is 1. The van der Waals surface area contributed by atoms with Gasteiger partial charge in [0.05, 0.1) is 10.7 Å². The number of carbonyl (C=O) groups is 1. The van der Waals surface area contributed by atoms with Crippen LogP contribution in [0.5, 0.6) is 0 Å². The molecule has 0 bridgehead atoms. The van der Waals surface area contributed by atoms with Crippen molar-refractivity contribution in [3.8, 4) is 0 Å². The van der Waals surface area contributed by atoms with E-state index in [0.29, 0.717) is 11.6 Å². The molecule has 30 heavy (non-hydrogen) atoms. The van der Waals surface area contributed by atoms with Gasteiger partial charge in [-0.25, -0.2) is 14.8 Å². The van der Waals surface area contributed by atoms with Gasteiger partial charge in [-0.1, -0.05) is 11.6 Å². The number of anilines is 2. The number of pyridine rings is 1. The molecule has 0 spiro atoms. The van der Waals surface area contributed by atoms with Gasteiger partial charge in [-0.15, -0.1) is 0 Å². The summed E-state index contributed by atoms with van der Waals surface area (Å²) < 4.78 is 4.20. The van der Waals surface area contributed by atoms with Crippen molar-refractivity contribution in [2.45, 2.75) is 32.2 Å². The lowest BCUT2D eigenvalue weighted by Crippen LogP contribution is -2.51. The number of nitrogens with zero attached hydrogens (tertiary/aromatic N) is 5. The van der Waals surface area contributed by atoms with E-state index in [1.54, 1.807) is 12.5 Å². The third-order valence-electron chi connectivity index (χ3n) is 5.04. The van der Waals surface area contributed by atoms with Gasteiger partial charge >= 0.3 is 6.03 Å². The largest absolute Gasteiger partial charge is 0.356 e. The molecule has 0 aliphatic carbocycles. The Hall–Kier alpha value is -2.78. The van der Waals surface area contributed by atoms with Gasteiger partial charge in [-0.05, 0) is 50.0 Å². The highest BCUT2D eigenvalue weighted by molar-refractivity contribution is 7.10. The van der Waals surface area contributed by atoms with Gasteiger partial charge in [0.25, 0.3) is 0 Å². The van der Waals surface area contributed by atoms with Crippen LogP contribution >= 0.6 is 23.1 Å². The molecule has 0 aromatic carbocycles. The Kier molecular flexibility index (Phi) is 6.10. The third kappa shape index (κ3) is 4.85. The second-order valence-corrected chi connectivity index (χ2v) is 8.54. The molecule has 156 valence electrons. The smallest absolute Gasteiger partial charge is 0.320 e. The van der Waals surface area contributed by atoms with Crippen molar-refractivity contribution in [3.05, 3.63) is 58.9 Å². The molecule has 10 heteroatoms. The zero-order chi connectivity index (χ0) is 21.1. The summed E-state index contributed by atoms with van der Waals surface area (Å²) in [6.07, 6.45) is 3.98. The maximum absolute atomic E-state index is 12.6. The molecule has 2 amide bonds. The monoisotopic (exact) mass is 443 g/mol. The number of rotatable bonds is 4. The maximum Gasteiger partial charge on any atom is 0.320 e. The summed E-state index contributed by atoms with van der Waals surface area (Å²) in [5, 5.41) is 7.30. The molecule has 1 fully saturated rings. The summed E-state index contributed by atoms with van der Waals surface area (Å²) in [7, 11) is 0. The molecule has 0 unspecified atom stereocenters. The van der Waals surface area contributed by atoms with Crippen molar-refractivity contribution in [1.29, 1.82) is 0 Å². The van der Waals surface area contributed by atoms with Crippen LogP contribution < -0.4 is 15.5 Å². The second kappa shape index (κ2) is 8.93. The summed E-state index contributed by atoms with van der Waals surface area (Å²) in [5.41, 5.74) is 2.68. The van der Waals surface area contributed by atoms with E-state index >= 15 is 0 Å². The molecule has 3 aromatic heterocycles.